The summed E-state index contributed by atoms with van der Waals surface area (Å²) in [6.07, 6.45) is 9.08. The van der Waals surface area contributed by atoms with Crippen molar-refractivity contribution in [1.29, 1.82) is 0 Å². The lowest BCUT2D eigenvalue weighted by molar-refractivity contribution is -0.126. The molecule has 0 bridgehead atoms. The van der Waals surface area contributed by atoms with Crippen molar-refractivity contribution in [2.45, 2.75) is 72.6 Å². The molecule has 0 atom stereocenters. The molecule has 0 aliphatic rings. The van der Waals surface area contributed by atoms with Crippen molar-refractivity contribution in [3.8, 4) is 0 Å². The third-order valence-electron chi connectivity index (χ3n) is 3.21. The maximum absolute atomic E-state index is 11.3. The zero-order valence-electron chi connectivity index (χ0n) is 12.8. The van der Waals surface area contributed by atoms with Crippen LogP contribution in [0.25, 0.3) is 0 Å². The molecule has 0 spiro atoms. The predicted molar refractivity (Wildman–Crippen MR) is 77.8 cm³/mol. The second-order valence-corrected chi connectivity index (χ2v) is 5.98. The molecule has 0 aromatic rings. The highest BCUT2D eigenvalue weighted by Gasteiger charge is 2.06. The van der Waals surface area contributed by atoms with Gasteiger partial charge in [0.1, 0.15) is 6.61 Å². The highest BCUT2D eigenvalue weighted by Crippen LogP contribution is 2.11. The van der Waals surface area contributed by atoms with E-state index >= 15 is 0 Å². The van der Waals surface area contributed by atoms with Gasteiger partial charge in [-0.05, 0) is 12.3 Å². The van der Waals surface area contributed by atoms with Crippen LogP contribution in [0.3, 0.4) is 0 Å². The standard InChI is InChI=1S/C16H32O2/c1-14(2)11-9-7-5-6-8-10-12-18-13-16(17)15(3)4/h14-15H,5-13H2,1-4H3. The summed E-state index contributed by atoms with van der Waals surface area (Å²) in [5.74, 6) is 1.16. The van der Waals surface area contributed by atoms with E-state index < -0.39 is 0 Å². The van der Waals surface area contributed by atoms with Gasteiger partial charge in [0.05, 0.1) is 0 Å². The Labute approximate surface area is 113 Å². The minimum Gasteiger partial charge on any atom is -0.374 e. The molecule has 0 radical (unpaired) electrons. The second kappa shape index (κ2) is 11.7. The lowest BCUT2D eigenvalue weighted by Crippen LogP contribution is -2.15. The van der Waals surface area contributed by atoms with Crippen LogP contribution in [0.15, 0.2) is 0 Å². The molecule has 108 valence electrons. The van der Waals surface area contributed by atoms with E-state index in [2.05, 4.69) is 13.8 Å². The second-order valence-electron chi connectivity index (χ2n) is 5.98. The molecule has 2 heteroatoms. The van der Waals surface area contributed by atoms with Crippen LogP contribution in [0.1, 0.15) is 72.6 Å². The van der Waals surface area contributed by atoms with E-state index in [1.54, 1.807) is 0 Å². The number of hydrogen-bond acceptors (Lipinski definition) is 2. The van der Waals surface area contributed by atoms with Crippen molar-refractivity contribution in [1.82, 2.24) is 0 Å². The van der Waals surface area contributed by atoms with Gasteiger partial charge >= 0.3 is 0 Å². The summed E-state index contributed by atoms with van der Waals surface area (Å²) in [5.41, 5.74) is 0. The molecule has 0 rings (SSSR count). The first-order valence-electron chi connectivity index (χ1n) is 7.64. The zero-order chi connectivity index (χ0) is 13.8. The first-order chi connectivity index (χ1) is 8.54. The lowest BCUT2D eigenvalue weighted by atomic mass is 10.0. The number of ketones is 1. The molecule has 0 saturated carbocycles. The minimum atomic E-state index is 0.103. The van der Waals surface area contributed by atoms with Crippen LogP contribution in [0.5, 0.6) is 0 Å². The summed E-state index contributed by atoms with van der Waals surface area (Å²) >= 11 is 0. The first kappa shape index (κ1) is 17.6. The van der Waals surface area contributed by atoms with Crippen LogP contribution in [-0.2, 0) is 9.53 Å². The summed E-state index contributed by atoms with van der Waals surface area (Å²) in [6.45, 7) is 9.45. The van der Waals surface area contributed by atoms with E-state index in [0.717, 1.165) is 18.9 Å². The third-order valence-corrected chi connectivity index (χ3v) is 3.21. The van der Waals surface area contributed by atoms with Gasteiger partial charge in [-0.2, -0.15) is 0 Å². The van der Waals surface area contributed by atoms with Crippen molar-refractivity contribution >= 4 is 5.78 Å². The molecule has 0 aliphatic heterocycles. The summed E-state index contributed by atoms with van der Waals surface area (Å²) in [6, 6.07) is 0. The van der Waals surface area contributed by atoms with Gasteiger partial charge in [0.15, 0.2) is 5.78 Å². The van der Waals surface area contributed by atoms with Gasteiger partial charge in [0, 0.05) is 12.5 Å². The monoisotopic (exact) mass is 256 g/mol. The van der Waals surface area contributed by atoms with E-state index in [1.807, 2.05) is 13.8 Å². The summed E-state index contributed by atoms with van der Waals surface area (Å²) in [4.78, 5) is 11.3. The third kappa shape index (κ3) is 12.1. The van der Waals surface area contributed by atoms with Crippen LogP contribution in [0, 0.1) is 11.8 Å². The molecule has 18 heavy (non-hydrogen) atoms. The summed E-state index contributed by atoms with van der Waals surface area (Å²) < 4.78 is 5.37. The topological polar surface area (TPSA) is 26.3 Å². The van der Waals surface area contributed by atoms with Crippen molar-refractivity contribution < 1.29 is 9.53 Å². The fourth-order valence-electron chi connectivity index (χ4n) is 1.80. The van der Waals surface area contributed by atoms with Crippen LogP contribution < -0.4 is 0 Å². The average Bonchev–Trinajstić information content (AvgIpc) is 2.30. The van der Waals surface area contributed by atoms with Crippen molar-refractivity contribution in [3.05, 3.63) is 0 Å². The average molecular weight is 256 g/mol. The smallest absolute Gasteiger partial charge is 0.160 e. The molecule has 0 heterocycles. The lowest BCUT2D eigenvalue weighted by Gasteiger charge is -2.06. The van der Waals surface area contributed by atoms with Crippen LogP contribution in [0.2, 0.25) is 0 Å². The molecule has 0 fully saturated rings. The zero-order valence-corrected chi connectivity index (χ0v) is 12.8. The molecule has 0 aromatic heterocycles. The quantitative estimate of drug-likeness (QED) is 0.476. The molecule has 2 nitrogen and oxygen atoms in total. The Kier molecular flexibility index (Phi) is 11.5. The number of rotatable bonds is 12. The molecule has 0 amide bonds. The predicted octanol–water partition coefficient (Wildman–Crippen LogP) is 4.61. The summed E-state index contributed by atoms with van der Waals surface area (Å²) in [7, 11) is 0. The molecular weight excluding hydrogens is 224 g/mol. The van der Waals surface area contributed by atoms with Crippen molar-refractivity contribution in [3.63, 3.8) is 0 Å². The number of unbranched alkanes of at least 4 members (excludes halogenated alkanes) is 5. The molecule has 0 N–H and O–H groups in total. The molecule has 0 saturated heterocycles. The minimum absolute atomic E-state index is 0.103. The SMILES string of the molecule is CC(C)CCCCCCCCOCC(=O)C(C)C. The molecular formula is C16H32O2. The van der Waals surface area contributed by atoms with E-state index in [-0.39, 0.29) is 11.7 Å². The van der Waals surface area contributed by atoms with Crippen LogP contribution in [0.4, 0.5) is 0 Å². The maximum Gasteiger partial charge on any atom is 0.160 e. The fraction of sp³-hybridized carbons (Fsp3) is 0.938. The fourth-order valence-corrected chi connectivity index (χ4v) is 1.80. The summed E-state index contributed by atoms with van der Waals surface area (Å²) in [5, 5.41) is 0. The molecule has 0 unspecified atom stereocenters. The maximum atomic E-state index is 11.3. The van der Waals surface area contributed by atoms with E-state index in [1.165, 1.54) is 38.5 Å². The van der Waals surface area contributed by atoms with Crippen molar-refractivity contribution in [2.75, 3.05) is 13.2 Å². The Bertz CT molecular complexity index is 197. The van der Waals surface area contributed by atoms with E-state index in [0.29, 0.717) is 6.61 Å². The van der Waals surface area contributed by atoms with Gasteiger partial charge < -0.3 is 4.74 Å². The molecule has 0 aromatic carbocycles. The highest BCUT2D eigenvalue weighted by atomic mass is 16.5. The van der Waals surface area contributed by atoms with E-state index in [9.17, 15) is 4.79 Å². The Morgan fingerprint density at radius 3 is 2.00 bits per heavy atom. The number of hydrogen-bond donors (Lipinski definition) is 0. The van der Waals surface area contributed by atoms with E-state index in [4.69, 9.17) is 4.74 Å². The van der Waals surface area contributed by atoms with Gasteiger partial charge in [-0.1, -0.05) is 66.2 Å². The number of ether oxygens (including phenoxy) is 1. The van der Waals surface area contributed by atoms with Gasteiger partial charge in [0.25, 0.3) is 0 Å². The van der Waals surface area contributed by atoms with Gasteiger partial charge in [-0.25, -0.2) is 0 Å². The largest absolute Gasteiger partial charge is 0.374 e. The number of Topliss-reactive ketones (excluding diaryl/α,β-unsaturated/α-hetero) is 1. The Balaban J connectivity index is 3.10. The van der Waals surface area contributed by atoms with Crippen molar-refractivity contribution in [2.24, 2.45) is 11.8 Å². The number of carbonyl (C=O) groups is 1. The molecule has 0 aliphatic carbocycles. The highest BCUT2D eigenvalue weighted by molar-refractivity contribution is 5.81. The van der Waals surface area contributed by atoms with Gasteiger partial charge in [-0.3, -0.25) is 4.79 Å². The Morgan fingerprint density at radius 2 is 1.44 bits per heavy atom. The van der Waals surface area contributed by atoms with Gasteiger partial charge in [0.2, 0.25) is 0 Å². The normalized spacial score (nSPS) is 11.4. The van der Waals surface area contributed by atoms with Gasteiger partial charge in [-0.15, -0.1) is 0 Å². The Morgan fingerprint density at radius 1 is 0.889 bits per heavy atom. The Hall–Kier alpha value is -0.370. The number of carbonyl (C=O) groups excluding carboxylic acids is 1. The van der Waals surface area contributed by atoms with Crippen LogP contribution in [-0.4, -0.2) is 19.0 Å². The first-order valence-corrected chi connectivity index (χ1v) is 7.64. The van der Waals surface area contributed by atoms with Crippen LogP contribution >= 0.6 is 0 Å².